The molecule has 0 saturated carbocycles. The Morgan fingerprint density at radius 1 is 1.04 bits per heavy atom. The summed E-state index contributed by atoms with van der Waals surface area (Å²) in [4.78, 5) is 11.8. The summed E-state index contributed by atoms with van der Waals surface area (Å²) < 4.78 is 34.6. The van der Waals surface area contributed by atoms with Crippen LogP contribution in [0.15, 0.2) is 53.4 Å². The Morgan fingerprint density at radius 3 is 2.17 bits per heavy atom. The van der Waals surface area contributed by atoms with Gasteiger partial charge in [0.05, 0.1) is 12.5 Å². The van der Waals surface area contributed by atoms with Gasteiger partial charge in [-0.15, -0.1) is 0 Å². The monoisotopic (exact) mass is 348 g/mol. The molecular weight excluding hydrogens is 328 g/mol. The molecule has 1 atom stereocenters. The molecule has 128 valence electrons. The summed E-state index contributed by atoms with van der Waals surface area (Å²) in [6.45, 7) is 5.67. The molecule has 0 amide bonds. The zero-order valence-corrected chi connectivity index (χ0v) is 14.7. The highest BCUT2D eigenvalue weighted by Gasteiger charge is 2.18. The summed E-state index contributed by atoms with van der Waals surface area (Å²) in [6.07, 6.45) is 0. The van der Waals surface area contributed by atoms with Gasteiger partial charge in [-0.25, -0.2) is 0 Å². The Kier molecular flexibility index (Phi) is 5.62. The quantitative estimate of drug-likeness (QED) is 0.591. The molecule has 0 saturated heterocycles. The van der Waals surface area contributed by atoms with Crippen LogP contribution in [-0.2, 0) is 19.6 Å². The molecule has 0 radical (unpaired) electrons. The Balaban J connectivity index is 2.13. The number of aryl methyl sites for hydroxylation is 1. The van der Waals surface area contributed by atoms with Crippen molar-refractivity contribution in [1.29, 1.82) is 0 Å². The molecule has 6 heteroatoms. The zero-order valence-electron chi connectivity index (χ0n) is 13.9. The van der Waals surface area contributed by atoms with Gasteiger partial charge in [0.2, 0.25) is 0 Å². The first-order chi connectivity index (χ1) is 11.3. The summed E-state index contributed by atoms with van der Waals surface area (Å²) in [5.74, 6) is -0.554. The van der Waals surface area contributed by atoms with Gasteiger partial charge in [-0.1, -0.05) is 29.8 Å². The van der Waals surface area contributed by atoms with Crippen LogP contribution < -0.4 is 4.18 Å². The summed E-state index contributed by atoms with van der Waals surface area (Å²) in [7, 11) is -3.88. The van der Waals surface area contributed by atoms with Crippen LogP contribution in [0.5, 0.6) is 5.75 Å². The fraction of sp³-hybridized carbons (Fsp3) is 0.278. The minimum Gasteiger partial charge on any atom is -0.466 e. The second-order valence-electron chi connectivity index (χ2n) is 5.39. The van der Waals surface area contributed by atoms with Gasteiger partial charge >= 0.3 is 16.1 Å². The van der Waals surface area contributed by atoms with Crippen LogP contribution in [0.4, 0.5) is 0 Å². The second kappa shape index (κ2) is 7.49. The Labute approximate surface area is 142 Å². The van der Waals surface area contributed by atoms with E-state index in [9.17, 15) is 13.2 Å². The molecule has 0 aliphatic carbocycles. The first-order valence-corrected chi connectivity index (χ1v) is 9.02. The van der Waals surface area contributed by atoms with E-state index in [-0.39, 0.29) is 16.6 Å². The van der Waals surface area contributed by atoms with Gasteiger partial charge in [-0.3, -0.25) is 4.79 Å². The highest BCUT2D eigenvalue weighted by molar-refractivity contribution is 7.87. The van der Waals surface area contributed by atoms with Crippen LogP contribution in [0, 0.1) is 6.92 Å². The van der Waals surface area contributed by atoms with E-state index in [1.165, 1.54) is 24.3 Å². The van der Waals surface area contributed by atoms with Gasteiger partial charge in [-0.2, -0.15) is 8.42 Å². The molecule has 0 heterocycles. The number of carbonyl (C=O) groups is 1. The minimum atomic E-state index is -3.88. The first kappa shape index (κ1) is 18.0. The van der Waals surface area contributed by atoms with E-state index in [1.807, 2.05) is 6.92 Å². The molecule has 0 aromatic heterocycles. The Morgan fingerprint density at radius 2 is 1.62 bits per heavy atom. The molecule has 2 aromatic rings. The number of ether oxygens (including phenoxy) is 1. The van der Waals surface area contributed by atoms with Gasteiger partial charge in [0.1, 0.15) is 10.6 Å². The van der Waals surface area contributed by atoms with E-state index < -0.39 is 16.0 Å². The smallest absolute Gasteiger partial charge is 0.339 e. The summed E-state index contributed by atoms with van der Waals surface area (Å²) in [5, 5.41) is 0. The van der Waals surface area contributed by atoms with E-state index in [0.29, 0.717) is 6.61 Å². The van der Waals surface area contributed by atoms with Crippen LogP contribution in [0.3, 0.4) is 0 Å². The molecule has 5 nitrogen and oxygen atoms in total. The van der Waals surface area contributed by atoms with Crippen LogP contribution in [-0.4, -0.2) is 21.0 Å². The molecule has 2 aromatic carbocycles. The van der Waals surface area contributed by atoms with Gasteiger partial charge in [0.25, 0.3) is 0 Å². The van der Waals surface area contributed by atoms with Gasteiger partial charge < -0.3 is 8.92 Å². The highest BCUT2D eigenvalue weighted by Crippen LogP contribution is 2.23. The first-order valence-electron chi connectivity index (χ1n) is 7.61. The summed E-state index contributed by atoms with van der Waals surface area (Å²) >= 11 is 0. The van der Waals surface area contributed by atoms with Crippen molar-refractivity contribution in [3.63, 3.8) is 0 Å². The van der Waals surface area contributed by atoms with E-state index in [1.54, 1.807) is 38.1 Å². The lowest BCUT2D eigenvalue weighted by atomic mass is 10.0. The molecule has 0 spiro atoms. The zero-order chi connectivity index (χ0) is 17.7. The number of hydrogen-bond donors (Lipinski definition) is 0. The largest absolute Gasteiger partial charge is 0.466 e. The molecular formula is C18H20O5S. The molecule has 0 bridgehead atoms. The lowest BCUT2D eigenvalue weighted by Crippen LogP contribution is -2.13. The predicted molar refractivity (Wildman–Crippen MR) is 90.5 cm³/mol. The number of benzene rings is 2. The number of hydrogen-bond acceptors (Lipinski definition) is 5. The topological polar surface area (TPSA) is 69.7 Å². The Hall–Kier alpha value is -2.34. The van der Waals surface area contributed by atoms with Crippen molar-refractivity contribution in [1.82, 2.24) is 0 Å². The SMILES string of the molecule is CCOC(=O)C(C)c1ccc(OS(=O)(=O)c2ccc(C)cc2)cc1. The third kappa shape index (κ3) is 4.35. The Bertz CT molecular complexity index is 792. The van der Waals surface area contributed by atoms with Crippen molar-refractivity contribution in [3.8, 4) is 5.75 Å². The molecule has 24 heavy (non-hydrogen) atoms. The minimum absolute atomic E-state index is 0.0945. The lowest BCUT2D eigenvalue weighted by Gasteiger charge is -2.12. The van der Waals surface area contributed by atoms with Gasteiger partial charge in [0, 0.05) is 0 Å². The molecule has 0 N–H and O–H groups in total. The third-order valence-corrected chi connectivity index (χ3v) is 4.80. The van der Waals surface area contributed by atoms with E-state index in [0.717, 1.165) is 11.1 Å². The average molecular weight is 348 g/mol. The van der Waals surface area contributed by atoms with Gasteiger partial charge in [-0.05, 0) is 50.6 Å². The van der Waals surface area contributed by atoms with Crippen LogP contribution in [0.25, 0.3) is 0 Å². The highest BCUT2D eigenvalue weighted by atomic mass is 32.2. The lowest BCUT2D eigenvalue weighted by molar-refractivity contribution is -0.144. The summed E-state index contributed by atoms with van der Waals surface area (Å²) in [6, 6.07) is 12.8. The molecule has 1 unspecified atom stereocenters. The standard InChI is InChI=1S/C18H20O5S/c1-4-22-18(19)14(3)15-7-9-16(10-8-15)23-24(20,21)17-11-5-13(2)6-12-17/h5-12,14H,4H2,1-3H3. The van der Waals surface area contributed by atoms with E-state index in [2.05, 4.69) is 0 Å². The van der Waals surface area contributed by atoms with E-state index in [4.69, 9.17) is 8.92 Å². The van der Waals surface area contributed by atoms with Crippen molar-refractivity contribution >= 4 is 16.1 Å². The third-order valence-electron chi connectivity index (χ3n) is 3.54. The van der Waals surface area contributed by atoms with Crippen molar-refractivity contribution in [2.24, 2.45) is 0 Å². The average Bonchev–Trinajstić information content (AvgIpc) is 2.55. The fourth-order valence-electron chi connectivity index (χ4n) is 2.10. The molecule has 0 aliphatic heterocycles. The fourth-order valence-corrected chi connectivity index (χ4v) is 3.03. The van der Waals surface area contributed by atoms with Crippen molar-refractivity contribution in [2.45, 2.75) is 31.6 Å². The van der Waals surface area contributed by atoms with E-state index >= 15 is 0 Å². The summed E-state index contributed by atoms with van der Waals surface area (Å²) in [5.41, 5.74) is 1.69. The van der Waals surface area contributed by atoms with Crippen LogP contribution >= 0.6 is 0 Å². The molecule has 2 rings (SSSR count). The van der Waals surface area contributed by atoms with Crippen LogP contribution in [0.2, 0.25) is 0 Å². The maximum Gasteiger partial charge on any atom is 0.339 e. The molecule has 0 aliphatic rings. The molecule has 0 fully saturated rings. The van der Waals surface area contributed by atoms with Crippen molar-refractivity contribution in [3.05, 3.63) is 59.7 Å². The predicted octanol–water partition coefficient (Wildman–Crippen LogP) is 3.43. The maximum absolute atomic E-state index is 12.2. The van der Waals surface area contributed by atoms with Gasteiger partial charge in [0.15, 0.2) is 0 Å². The van der Waals surface area contributed by atoms with Crippen LogP contribution in [0.1, 0.15) is 30.9 Å². The van der Waals surface area contributed by atoms with Crippen molar-refractivity contribution in [2.75, 3.05) is 6.61 Å². The maximum atomic E-state index is 12.2. The van der Waals surface area contributed by atoms with Crippen molar-refractivity contribution < 1.29 is 22.1 Å². The second-order valence-corrected chi connectivity index (χ2v) is 6.94. The number of carbonyl (C=O) groups excluding carboxylic acids is 1. The normalized spacial score (nSPS) is 12.5. The number of rotatable bonds is 6. The number of esters is 1.